The molecular weight excluding hydrogens is 934 g/mol. The summed E-state index contributed by atoms with van der Waals surface area (Å²) in [6.07, 6.45) is -1.10. The van der Waals surface area contributed by atoms with Crippen molar-refractivity contribution in [3.63, 3.8) is 0 Å². The number of benzene rings is 3. The minimum atomic E-state index is -6.39. The number of carbonyl (C=O) groups excluding carboxylic acids is 1. The maximum atomic E-state index is 16.7. The molecule has 0 fully saturated rings. The molecule has 6 nitrogen and oxygen atoms in total. The highest BCUT2D eigenvalue weighted by Gasteiger charge is 2.50. The van der Waals surface area contributed by atoms with E-state index in [1.807, 2.05) is 31.2 Å². The lowest BCUT2D eigenvalue weighted by Gasteiger charge is -2.36. The minimum Gasteiger partial charge on any atom is -0.370 e. The average Bonchev–Trinajstić information content (AvgIpc) is 3.07. The van der Waals surface area contributed by atoms with Crippen LogP contribution in [0.1, 0.15) is 68.2 Å². The normalized spacial score (nSPS) is 17.7. The van der Waals surface area contributed by atoms with Crippen molar-refractivity contribution in [1.29, 1.82) is 0 Å². The maximum Gasteiger partial charge on any atom is 0.534 e. The largest absolute Gasteiger partial charge is 0.534 e. The number of hydrogen-bond acceptors (Lipinski definition) is 13. The Bertz CT molecular complexity index is 2390. The molecule has 0 saturated heterocycles. The molecule has 0 aromatic heterocycles. The molecule has 0 amide bonds. The van der Waals surface area contributed by atoms with Gasteiger partial charge in [-0.1, -0.05) is 44.3 Å². The van der Waals surface area contributed by atoms with Gasteiger partial charge in [-0.15, -0.1) is 0 Å². The molecule has 5 rings (SSSR count). The molecule has 3 aromatic carbocycles. The van der Waals surface area contributed by atoms with Crippen LogP contribution in [0, 0.1) is 18.6 Å². The van der Waals surface area contributed by atoms with Gasteiger partial charge in [0.05, 0.1) is 11.1 Å². The van der Waals surface area contributed by atoms with Gasteiger partial charge in [0.25, 0.3) is 0 Å². The summed E-state index contributed by atoms with van der Waals surface area (Å²) < 4.78 is 112. The Labute approximate surface area is 349 Å². The zero-order chi connectivity index (χ0) is 40.9. The van der Waals surface area contributed by atoms with Crippen molar-refractivity contribution in [2.45, 2.75) is 77.0 Å². The van der Waals surface area contributed by atoms with E-state index < -0.39 is 52.8 Å². The van der Waals surface area contributed by atoms with E-state index in [1.165, 1.54) is 49.1 Å². The highest BCUT2D eigenvalue weighted by atomic mass is 34.0. The molecule has 0 spiro atoms. The molecule has 0 saturated carbocycles. The van der Waals surface area contributed by atoms with Crippen molar-refractivity contribution in [2.24, 2.45) is 0 Å². The van der Waals surface area contributed by atoms with Gasteiger partial charge in [-0.3, -0.25) is 4.79 Å². The lowest BCUT2D eigenvalue weighted by molar-refractivity contribution is -0.111. The van der Waals surface area contributed by atoms with Crippen LogP contribution in [-0.4, -0.2) is 43.8 Å². The number of nitrogens with zero attached hydrogens (tertiary/aromatic N) is 1. The third-order valence-electron chi connectivity index (χ3n) is 9.70. The lowest BCUT2D eigenvalue weighted by atomic mass is 9.81. The molecule has 22 heteroatoms. The summed E-state index contributed by atoms with van der Waals surface area (Å²) in [7, 11) is -3.39. The average molecular weight is 969 g/mol. The standard InChI is InChI=1S/C33H34F5NO5S10Si/c1-18-10-7-8-11-20(18)28-22-14-21-19(2)17-32(3,4)39(13-9-12-27(40)53(45,46)52-51-50-49-48-47-41)25(21)16-26(22)55(5,6)31-23(28)15-24(34)30(29(31)35)44-54(42,43)33(36,37)38/h7-8,10-11,14-16,19H,9,12-13,17H2,1-6H3/p+1. The topological polar surface area (TPSA) is 83.7 Å². The molecule has 1 unspecified atom stereocenters. The number of halogens is 5. The molecule has 55 heavy (non-hydrogen) atoms. The van der Waals surface area contributed by atoms with Gasteiger partial charge in [-0.2, -0.15) is 21.6 Å². The van der Waals surface area contributed by atoms with Gasteiger partial charge in [-0.05, 0) is 99.1 Å². The van der Waals surface area contributed by atoms with Crippen molar-refractivity contribution in [1.82, 2.24) is 4.58 Å². The van der Waals surface area contributed by atoms with Gasteiger partial charge in [0, 0.05) is 86.2 Å². The smallest absolute Gasteiger partial charge is 0.370 e. The SMILES string of the molecule is Cc1ccccc1C1=c2cc3c(cc2[Si](C)(C)c2c1cc(F)c(OS(=O)(=O)C(F)(F)F)c2F)=[N+](CCCC(=O)S(=S)(=S)SSSSSSO)C(C)(C)CC3C. The van der Waals surface area contributed by atoms with Gasteiger partial charge in [0.15, 0.2) is 17.2 Å². The summed E-state index contributed by atoms with van der Waals surface area (Å²) in [6, 6.07) is 12.2. The van der Waals surface area contributed by atoms with E-state index in [4.69, 9.17) is 26.9 Å². The fourth-order valence-corrected chi connectivity index (χ4v) is 29.0. The van der Waals surface area contributed by atoms with Gasteiger partial charge in [0.2, 0.25) is 16.2 Å². The van der Waals surface area contributed by atoms with E-state index in [0.717, 1.165) is 39.4 Å². The number of carbonyl (C=O) groups is 1. The van der Waals surface area contributed by atoms with Crippen molar-refractivity contribution in [3.05, 3.63) is 86.9 Å². The third-order valence-corrected chi connectivity index (χ3v) is 31.6. The van der Waals surface area contributed by atoms with Gasteiger partial charge < -0.3 is 8.74 Å². The molecule has 2 aliphatic heterocycles. The fraction of sp³-hybridized carbons (Fsp3) is 0.394. The zero-order valence-electron chi connectivity index (χ0n) is 29.9. The van der Waals surface area contributed by atoms with Gasteiger partial charge in [-0.25, -0.2) is 13.4 Å². The summed E-state index contributed by atoms with van der Waals surface area (Å²) in [5.41, 5.74) is -3.26. The predicted molar refractivity (Wildman–Crippen MR) is 235 cm³/mol. The summed E-state index contributed by atoms with van der Waals surface area (Å²) in [6.45, 7) is 12.2. The van der Waals surface area contributed by atoms with Crippen LogP contribution in [0.4, 0.5) is 22.0 Å². The predicted octanol–water partition coefficient (Wildman–Crippen LogP) is 8.41. The monoisotopic (exact) mass is 968 g/mol. The first kappa shape index (κ1) is 45.5. The Hall–Kier alpha value is -0.533. The first-order valence-electron chi connectivity index (χ1n) is 16.3. The maximum absolute atomic E-state index is 16.7. The van der Waals surface area contributed by atoms with Crippen molar-refractivity contribution >= 4 is 128 Å². The molecule has 3 aromatic rings. The van der Waals surface area contributed by atoms with E-state index in [9.17, 15) is 26.4 Å². The number of hydrogen-bond donors (Lipinski definition) is 1. The molecule has 0 aliphatic carbocycles. The fourth-order valence-electron chi connectivity index (χ4n) is 7.37. The molecule has 1 N–H and O–H groups in total. The number of aryl methyl sites for hydroxylation is 1. The second-order valence-corrected chi connectivity index (χ2v) is 37.1. The van der Waals surface area contributed by atoms with Crippen LogP contribution in [-0.2, 0) is 43.5 Å². The lowest BCUT2D eigenvalue weighted by Crippen LogP contribution is -2.66. The molecule has 2 heterocycles. The highest BCUT2D eigenvalue weighted by molar-refractivity contribution is 9.47. The molecule has 2 aliphatic rings. The van der Waals surface area contributed by atoms with Crippen molar-refractivity contribution < 1.29 is 43.9 Å². The number of fused-ring (bicyclic) bond motifs is 3. The molecular formula is C33H35F5NO5S10Si+. The van der Waals surface area contributed by atoms with E-state index in [-0.39, 0.29) is 28.2 Å². The van der Waals surface area contributed by atoms with E-state index in [2.05, 4.69) is 35.6 Å². The summed E-state index contributed by atoms with van der Waals surface area (Å²) in [5.74, 6) is -4.63. The van der Waals surface area contributed by atoms with E-state index in [0.29, 0.717) is 35.2 Å². The first-order chi connectivity index (χ1) is 25.5. The Kier molecular flexibility index (Phi) is 14.3. The number of rotatable bonds is 13. The Balaban J connectivity index is 1.71. The van der Waals surface area contributed by atoms with Crippen LogP contribution in [0.2, 0.25) is 13.1 Å². The van der Waals surface area contributed by atoms with E-state index in [1.54, 1.807) is 19.2 Å². The van der Waals surface area contributed by atoms with Crippen LogP contribution in [0.3, 0.4) is 0 Å². The van der Waals surface area contributed by atoms with Crippen LogP contribution in [0.5, 0.6) is 5.75 Å². The van der Waals surface area contributed by atoms with Crippen molar-refractivity contribution in [2.75, 3.05) is 6.54 Å². The second-order valence-electron chi connectivity index (χ2n) is 14.1. The Morgan fingerprint density at radius 3 is 2.35 bits per heavy atom. The summed E-state index contributed by atoms with van der Waals surface area (Å²) >= 11 is 11.7. The van der Waals surface area contributed by atoms with Crippen molar-refractivity contribution in [3.8, 4) is 5.75 Å². The minimum absolute atomic E-state index is 0.0536. The highest BCUT2D eigenvalue weighted by Crippen LogP contribution is 2.53. The van der Waals surface area contributed by atoms with Crippen LogP contribution in [0.25, 0.3) is 5.57 Å². The molecule has 1 atom stereocenters. The Morgan fingerprint density at radius 1 is 1.05 bits per heavy atom. The first-order valence-corrected chi connectivity index (χ1v) is 32.2. The quantitative estimate of drug-likeness (QED) is 0.0261. The molecule has 0 bridgehead atoms. The van der Waals surface area contributed by atoms with Gasteiger partial charge >= 0.3 is 15.6 Å². The van der Waals surface area contributed by atoms with E-state index >= 15 is 8.78 Å². The summed E-state index contributed by atoms with van der Waals surface area (Å²) in [5, 5.41) is 2.05. The molecule has 0 radical (unpaired) electrons. The third kappa shape index (κ3) is 9.29. The van der Waals surface area contributed by atoms with Crippen LogP contribution < -0.4 is 29.7 Å². The molecule has 300 valence electrons. The number of alkyl halides is 3. The second kappa shape index (κ2) is 17.2. The zero-order valence-corrected chi connectivity index (χ0v) is 39.1. The Morgan fingerprint density at radius 2 is 1.71 bits per heavy atom. The van der Waals surface area contributed by atoms with Gasteiger partial charge in [0.1, 0.15) is 14.6 Å². The summed E-state index contributed by atoms with van der Waals surface area (Å²) in [4.78, 5) is 13.2. The van der Waals surface area contributed by atoms with Crippen LogP contribution >= 0.6 is 60.2 Å². The van der Waals surface area contributed by atoms with Crippen LogP contribution in [0.15, 0.2) is 42.5 Å².